The first-order chi connectivity index (χ1) is 7.93. The van der Waals surface area contributed by atoms with Crippen molar-refractivity contribution >= 4 is 0 Å². The maximum Gasteiger partial charge on any atom is 0.416 e. The molecule has 0 saturated heterocycles. The van der Waals surface area contributed by atoms with E-state index in [1.165, 1.54) is 12.1 Å². The summed E-state index contributed by atoms with van der Waals surface area (Å²) in [4.78, 5) is 0. The number of nitrogens with one attached hydrogen (secondary N) is 2. The Bertz CT molecular complexity index is 333. The van der Waals surface area contributed by atoms with Crippen molar-refractivity contribution < 1.29 is 13.2 Å². The maximum atomic E-state index is 12.3. The van der Waals surface area contributed by atoms with Crippen molar-refractivity contribution in [1.29, 1.82) is 0 Å². The number of alkyl halides is 3. The van der Waals surface area contributed by atoms with Gasteiger partial charge in [0.15, 0.2) is 0 Å². The first-order valence-electron chi connectivity index (χ1n) is 5.47. The molecule has 0 aromatic heterocycles. The molecule has 5 heteroatoms. The van der Waals surface area contributed by atoms with Crippen LogP contribution in [0.2, 0.25) is 0 Å². The van der Waals surface area contributed by atoms with Crippen LogP contribution in [0.15, 0.2) is 24.3 Å². The largest absolute Gasteiger partial charge is 0.416 e. The van der Waals surface area contributed by atoms with Gasteiger partial charge in [-0.3, -0.25) is 0 Å². The van der Waals surface area contributed by atoms with Crippen molar-refractivity contribution in [2.24, 2.45) is 0 Å². The Hall–Kier alpha value is -1.07. The van der Waals surface area contributed by atoms with E-state index in [1.54, 1.807) is 0 Å². The molecule has 2 nitrogen and oxygen atoms in total. The Morgan fingerprint density at radius 2 is 1.76 bits per heavy atom. The van der Waals surface area contributed by atoms with Crippen LogP contribution in [0.1, 0.15) is 18.1 Å². The molecule has 1 rings (SSSR count). The Morgan fingerprint density at radius 3 is 2.24 bits per heavy atom. The summed E-state index contributed by atoms with van der Waals surface area (Å²) in [6, 6.07) is 5.51. The molecule has 0 amide bonds. The number of hydrogen-bond acceptors (Lipinski definition) is 2. The number of halogens is 3. The average Bonchev–Trinajstić information content (AvgIpc) is 2.26. The van der Waals surface area contributed by atoms with Gasteiger partial charge in [-0.25, -0.2) is 0 Å². The van der Waals surface area contributed by atoms with Gasteiger partial charge in [0.25, 0.3) is 0 Å². The van der Waals surface area contributed by atoms with Crippen molar-refractivity contribution in [1.82, 2.24) is 10.6 Å². The van der Waals surface area contributed by atoms with Gasteiger partial charge in [-0.2, -0.15) is 13.2 Å². The third-order valence-corrected chi connectivity index (χ3v) is 2.45. The summed E-state index contributed by atoms with van der Waals surface area (Å²) in [7, 11) is 1.86. The second-order valence-electron chi connectivity index (χ2n) is 4.03. The van der Waals surface area contributed by atoms with E-state index < -0.39 is 11.7 Å². The number of rotatable bonds is 5. The van der Waals surface area contributed by atoms with Crippen LogP contribution in [0, 0.1) is 0 Å². The normalized spacial score (nSPS) is 13.7. The Labute approximate surface area is 99.2 Å². The van der Waals surface area contributed by atoms with E-state index in [4.69, 9.17) is 0 Å². The first-order valence-corrected chi connectivity index (χ1v) is 5.47. The van der Waals surface area contributed by atoms with Gasteiger partial charge in [0, 0.05) is 19.1 Å². The molecule has 1 unspecified atom stereocenters. The van der Waals surface area contributed by atoms with E-state index in [1.807, 2.05) is 14.0 Å². The van der Waals surface area contributed by atoms with E-state index in [0.717, 1.165) is 24.2 Å². The standard InChI is InChI=1S/C12H17F3N2/c1-9(7-16-2)17-8-10-3-5-11(6-4-10)12(13,14)15/h3-6,9,16-17H,7-8H2,1-2H3. The molecule has 1 aromatic carbocycles. The van der Waals surface area contributed by atoms with Gasteiger partial charge in [0.05, 0.1) is 5.56 Å². The molecule has 0 heterocycles. The van der Waals surface area contributed by atoms with Crippen LogP contribution in [-0.4, -0.2) is 19.6 Å². The monoisotopic (exact) mass is 246 g/mol. The summed E-state index contributed by atoms with van der Waals surface area (Å²) in [5.41, 5.74) is 0.241. The minimum absolute atomic E-state index is 0.280. The van der Waals surface area contributed by atoms with Crippen LogP contribution in [-0.2, 0) is 12.7 Å². The number of likely N-dealkylation sites (N-methyl/N-ethyl adjacent to an activating group) is 1. The molecule has 0 aliphatic heterocycles. The highest BCUT2D eigenvalue weighted by atomic mass is 19.4. The third-order valence-electron chi connectivity index (χ3n) is 2.45. The predicted molar refractivity (Wildman–Crippen MR) is 61.7 cm³/mol. The second-order valence-corrected chi connectivity index (χ2v) is 4.03. The molecule has 0 spiro atoms. The van der Waals surface area contributed by atoms with E-state index in [2.05, 4.69) is 10.6 Å². The van der Waals surface area contributed by atoms with Crippen molar-refractivity contribution in [2.45, 2.75) is 25.7 Å². The summed E-state index contributed by atoms with van der Waals surface area (Å²) in [5.74, 6) is 0. The molecule has 0 radical (unpaired) electrons. The molecule has 17 heavy (non-hydrogen) atoms. The van der Waals surface area contributed by atoms with E-state index in [9.17, 15) is 13.2 Å². The summed E-state index contributed by atoms with van der Waals surface area (Å²) in [5, 5.41) is 6.24. The minimum Gasteiger partial charge on any atom is -0.318 e. The highest BCUT2D eigenvalue weighted by Crippen LogP contribution is 2.28. The zero-order valence-corrected chi connectivity index (χ0v) is 9.93. The Morgan fingerprint density at radius 1 is 1.18 bits per heavy atom. The van der Waals surface area contributed by atoms with Crippen molar-refractivity contribution in [3.8, 4) is 0 Å². The molecule has 1 atom stereocenters. The minimum atomic E-state index is -4.26. The smallest absolute Gasteiger partial charge is 0.318 e. The molecule has 96 valence electrons. The van der Waals surface area contributed by atoms with Crippen molar-refractivity contribution in [2.75, 3.05) is 13.6 Å². The third kappa shape index (κ3) is 4.75. The van der Waals surface area contributed by atoms with Gasteiger partial charge in [-0.15, -0.1) is 0 Å². The zero-order valence-electron chi connectivity index (χ0n) is 9.93. The lowest BCUT2D eigenvalue weighted by molar-refractivity contribution is -0.137. The van der Waals surface area contributed by atoms with Crippen LogP contribution < -0.4 is 10.6 Å². The topological polar surface area (TPSA) is 24.1 Å². The Kier molecular flexibility index (Phi) is 4.96. The Balaban J connectivity index is 2.51. The summed E-state index contributed by atoms with van der Waals surface area (Å²) >= 11 is 0. The average molecular weight is 246 g/mol. The summed E-state index contributed by atoms with van der Waals surface area (Å²) in [6.07, 6.45) is -4.26. The van der Waals surface area contributed by atoms with Crippen LogP contribution in [0.3, 0.4) is 0 Å². The van der Waals surface area contributed by atoms with Crippen LogP contribution >= 0.6 is 0 Å². The maximum absolute atomic E-state index is 12.3. The number of hydrogen-bond donors (Lipinski definition) is 2. The zero-order chi connectivity index (χ0) is 12.9. The molecule has 2 N–H and O–H groups in total. The van der Waals surface area contributed by atoms with E-state index >= 15 is 0 Å². The number of benzene rings is 1. The van der Waals surface area contributed by atoms with Crippen LogP contribution in [0.5, 0.6) is 0 Å². The molecule has 0 fully saturated rings. The molecular weight excluding hydrogens is 229 g/mol. The molecule has 0 aliphatic carbocycles. The molecule has 1 aromatic rings. The fraction of sp³-hybridized carbons (Fsp3) is 0.500. The van der Waals surface area contributed by atoms with Gasteiger partial charge >= 0.3 is 6.18 Å². The first kappa shape index (κ1) is 14.0. The van der Waals surface area contributed by atoms with Gasteiger partial charge in [-0.1, -0.05) is 12.1 Å². The van der Waals surface area contributed by atoms with Gasteiger partial charge in [0.2, 0.25) is 0 Å². The lowest BCUT2D eigenvalue weighted by Crippen LogP contribution is -2.34. The SMILES string of the molecule is CNCC(C)NCc1ccc(C(F)(F)F)cc1. The molecule has 0 bridgehead atoms. The van der Waals surface area contributed by atoms with E-state index in [-0.39, 0.29) is 6.04 Å². The molecule has 0 saturated carbocycles. The van der Waals surface area contributed by atoms with Crippen LogP contribution in [0.4, 0.5) is 13.2 Å². The summed E-state index contributed by atoms with van der Waals surface area (Å²) in [6.45, 7) is 3.40. The fourth-order valence-corrected chi connectivity index (χ4v) is 1.48. The van der Waals surface area contributed by atoms with Gasteiger partial charge in [0.1, 0.15) is 0 Å². The second kappa shape index (κ2) is 6.02. The lowest BCUT2D eigenvalue weighted by Gasteiger charge is -2.13. The predicted octanol–water partition coefficient (Wildman–Crippen LogP) is 2.40. The van der Waals surface area contributed by atoms with Crippen molar-refractivity contribution in [3.63, 3.8) is 0 Å². The van der Waals surface area contributed by atoms with Gasteiger partial charge < -0.3 is 10.6 Å². The van der Waals surface area contributed by atoms with E-state index in [0.29, 0.717) is 6.54 Å². The van der Waals surface area contributed by atoms with Gasteiger partial charge in [-0.05, 0) is 31.7 Å². The highest BCUT2D eigenvalue weighted by molar-refractivity contribution is 5.24. The lowest BCUT2D eigenvalue weighted by atomic mass is 10.1. The quantitative estimate of drug-likeness (QED) is 0.833. The highest BCUT2D eigenvalue weighted by Gasteiger charge is 2.29. The van der Waals surface area contributed by atoms with Crippen LogP contribution in [0.25, 0.3) is 0 Å². The molecular formula is C12H17F3N2. The van der Waals surface area contributed by atoms with Crippen molar-refractivity contribution in [3.05, 3.63) is 35.4 Å². The molecule has 0 aliphatic rings. The fourth-order valence-electron chi connectivity index (χ4n) is 1.48. The summed E-state index contributed by atoms with van der Waals surface area (Å²) < 4.78 is 36.9.